The summed E-state index contributed by atoms with van der Waals surface area (Å²) in [6.07, 6.45) is 3.78. The normalized spacial score (nSPS) is 10.7. The average Bonchev–Trinajstić information content (AvgIpc) is 3.31. The standard InChI is InChI=1S/C21H17ClN4O/c1-15-19(20(27)23-18-12-6-5-11-17(18)22)21(25-13-7-8-14-25)26(24-15)16-9-3-2-4-10-16/h2-14H,1H3,(H,23,27). The predicted octanol–water partition coefficient (Wildman–Crippen LogP) is 4.88. The largest absolute Gasteiger partial charge is 0.320 e. The Morgan fingerprint density at radius 3 is 2.33 bits per heavy atom. The summed E-state index contributed by atoms with van der Waals surface area (Å²) < 4.78 is 3.66. The van der Waals surface area contributed by atoms with Crippen molar-refractivity contribution in [1.29, 1.82) is 0 Å². The number of hydrogen-bond acceptors (Lipinski definition) is 2. The number of nitrogens with zero attached hydrogens (tertiary/aromatic N) is 3. The Balaban J connectivity index is 1.84. The monoisotopic (exact) mass is 376 g/mol. The number of carbonyl (C=O) groups excluding carboxylic acids is 1. The Hall–Kier alpha value is -3.31. The molecule has 0 saturated carbocycles. The van der Waals surface area contributed by atoms with Crippen LogP contribution in [0.25, 0.3) is 11.5 Å². The van der Waals surface area contributed by atoms with E-state index in [-0.39, 0.29) is 5.91 Å². The van der Waals surface area contributed by atoms with Crippen LogP contribution in [-0.2, 0) is 0 Å². The van der Waals surface area contributed by atoms with Gasteiger partial charge in [-0.1, -0.05) is 41.9 Å². The van der Waals surface area contributed by atoms with Crippen LogP contribution in [0.1, 0.15) is 16.1 Å². The van der Waals surface area contributed by atoms with Gasteiger partial charge in [0, 0.05) is 12.4 Å². The van der Waals surface area contributed by atoms with Crippen LogP contribution in [0.2, 0.25) is 5.02 Å². The molecule has 1 N–H and O–H groups in total. The summed E-state index contributed by atoms with van der Waals surface area (Å²) in [6, 6.07) is 20.7. The third-order valence-corrected chi connectivity index (χ3v) is 4.56. The lowest BCUT2D eigenvalue weighted by Gasteiger charge is -2.12. The zero-order valence-corrected chi connectivity index (χ0v) is 15.4. The molecule has 5 nitrogen and oxygen atoms in total. The van der Waals surface area contributed by atoms with Crippen LogP contribution in [0.4, 0.5) is 5.69 Å². The van der Waals surface area contributed by atoms with Crippen LogP contribution in [-0.4, -0.2) is 20.3 Å². The molecular weight excluding hydrogens is 360 g/mol. The number of aryl methyl sites for hydroxylation is 1. The van der Waals surface area contributed by atoms with Gasteiger partial charge in [0.05, 0.1) is 22.1 Å². The van der Waals surface area contributed by atoms with E-state index in [9.17, 15) is 4.79 Å². The first kappa shape index (κ1) is 17.1. The maximum absolute atomic E-state index is 13.1. The highest BCUT2D eigenvalue weighted by Crippen LogP contribution is 2.26. The van der Waals surface area contributed by atoms with Gasteiger partial charge in [0.15, 0.2) is 5.82 Å². The fourth-order valence-electron chi connectivity index (χ4n) is 2.99. The number of carbonyl (C=O) groups is 1. The van der Waals surface area contributed by atoms with Crippen molar-refractivity contribution in [3.63, 3.8) is 0 Å². The molecule has 2 aromatic carbocycles. The van der Waals surface area contributed by atoms with Gasteiger partial charge < -0.3 is 9.88 Å². The highest BCUT2D eigenvalue weighted by atomic mass is 35.5. The van der Waals surface area contributed by atoms with Gasteiger partial charge in [-0.25, -0.2) is 4.68 Å². The quantitative estimate of drug-likeness (QED) is 0.552. The molecule has 0 bridgehead atoms. The first-order valence-electron chi connectivity index (χ1n) is 8.49. The van der Waals surface area contributed by atoms with E-state index in [1.807, 2.05) is 78.5 Å². The summed E-state index contributed by atoms with van der Waals surface area (Å²) >= 11 is 6.20. The molecule has 4 aromatic rings. The minimum atomic E-state index is -0.258. The molecule has 0 fully saturated rings. The van der Waals surface area contributed by atoms with E-state index in [1.54, 1.807) is 16.8 Å². The number of para-hydroxylation sites is 2. The molecule has 0 spiro atoms. The second-order valence-corrected chi connectivity index (χ2v) is 6.46. The third kappa shape index (κ3) is 3.25. The summed E-state index contributed by atoms with van der Waals surface area (Å²) in [7, 11) is 0. The summed E-state index contributed by atoms with van der Waals surface area (Å²) in [5.74, 6) is 0.416. The van der Waals surface area contributed by atoms with Crippen molar-refractivity contribution in [3.8, 4) is 11.5 Å². The van der Waals surface area contributed by atoms with Gasteiger partial charge in [0.2, 0.25) is 0 Å². The number of rotatable bonds is 4. The Morgan fingerprint density at radius 2 is 1.63 bits per heavy atom. The maximum Gasteiger partial charge on any atom is 0.261 e. The fraction of sp³-hybridized carbons (Fsp3) is 0.0476. The van der Waals surface area contributed by atoms with Crippen molar-refractivity contribution < 1.29 is 4.79 Å². The van der Waals surface area contributed by atoms with Crippen molar-refractivity contribution in [2.75, 3.05) is 5.32 Å². The molecule has 6 heteroatoms. The lowest BCUT2D eigenvalue weighted by molar-refractivity contribution is 0.102. The highest BCUT2D eigenvalue weighted by molar-refractivity contribution is 6.34. The Labute approximate surface area is 161 Å². The van der Waals surface area contributed by atoms with Gasteiger partial charge in [0.1, 0.15) is 5.56 Å². The lowest BCUT2D eigenvalue weighted by atomic mass is 10.2. The molecule has 0 saturated heterocycles. The number of hydrogen-bond donors (Lipinski definition) is 1. The van der Waals surface area contributed by atoms with Crippen LogP contribution in [0.5, 0.6) is 0 Å². The number of amides is 1. The van der Waals surface area contributed by atoms with Crippen LogP contribution in [0.3, 0.4) is 0 Å². The number of benzene rings is 2. The first-order valence-corrected chi connectivity index (χ1v) is 8.87. The molecule has 2 aromatic heterocycles. The fourth-order valence-corrected chi connectivity index (χ4v) is 3.17. The number of nitrogens with one attached hydrogen (secondary N) is 1. The van der Waals surface area contributed by atoms with E-state index in [0.717, 1.165) is 5.69 Å². The highest BCUT2D eigenvalue weighted by Gasteiger charge is 2.24. The average molecular weight is 377 g/mol. The maximum atomic E-state index is 13.1. The van der Waals surface area contributed by atoms with E-state index in [1.165, 1.54) is 0 Å². The van der Waals surface area contributed by atoms with Crippen LogP contribution in [0.15, 0.2) is 79.1 Å². The lowest BCUT2D eigenvalue weighted by Crippen LogP contribution is -2.16. The topological polar surface area (TPSA) is 51.9 Å². The van der Waals surface area contributed by atoms with E-state index >= 15 is 0 Å². The van der Waals surface area contributed by atoms with Crippen molar-refractivity contribution in [2.24, 2.45) is 0 Å². The Kier molecular flexibility index (Phi) is 4.52. The zero-order valence-electron chi connectivity index (χ0n) is 14.6. The van der Waals surface area contributed by atoms with Gasteiger partial charge in [0.25, 0.3) is 5.91 Å². The Bertz CT molecular complexity index is 1080. The minimum absolute atomic E-state index is 0.258. The summed E-state index contributed by atoms with van der Waals surface area (Å²) in [6.45, 7) is 1.83. The van der Waals surface area contributed by atoms with Crippen LogP contribution < -0.4 is 5.32 Å². The van der Waals surface area contributed by atoms with Crippen LogP contribution in [0, 0.1) is 6.92 Å². The second-order valence-electron chi connectivity index (χ2n) is 6.06. The molecule has 0 aliphatic heterocycles. The molecular formula is C21H17ClN4O. The third-order valence-electron chi connectivity index (χ3n) is 4.23. The predicted molar refractivity (Wildman–Crippen MR) is 107 cm³/mol. The van der Waals surface area contributed by atoms with E-state index in [0.29, 0.717) is 27.8 Å². The number of anilines is 1. The van der Waals surface area contributed by atoms with Crippen molar-refractivity contribution in [2.45, 2.75) is 6.92 Å². The number of halogens is 1. The van der Waals surface area contributed by atoms with Gasteiger partial charge in [-0.05, 0) is 43.3 Å². The molecule has 0 unspecified atom stereocenters. The minimum Gasteiger partial charge on any atom is -0.320 e. The van der Waals surface area contributed by atoms with E-state index < -0.39 is 0 Å². The van der Waals surface area contributed by atoms with Crippen molar-refractivity contribution in [3.05, 3.63) is 95.4 Å². The van der Waals surface area contributed by atoms with Crippen LogP contribution >= 0.6 is 11.6 Å². The first-order chi connectivity index (χ1) is 13.1. The molecule has 27 heavy (non-hydrogen) atoms. The second kappa shape index (κ2) is 7.13. The van der Waals surface area contributed by atoms with Gasteiger partial charge in [-0.3, -0.25) is 4.79 Å². The van der Waals surface area contributed by atoms with E-state index in [4.69, 9.17) is 11.6 Å². The summed E-state index contributed by atoms with van der Waals surface area (Å²) in [5.41, 5.74) is 2.57. The van der Waals surface area contributed by atoms with Crippen molar-refractivity contribution >= 4 is 23.2 Å². The molecule has 2 heterocycles. The molecule has 0 aliphatic rings. The summed E-state index contributed by atoms with van der Waals surface area (Å²) in [4.78, 5) is 13.1. The zero-order chi connectivity index (χ0) is 18.8. The Morgan fingerprint density at radius 1 is 0.963 bits per heavy atom. The smallest absolute Gasteiger partial charge is 0.261 e. The SMILES string of the molecule is Cc1nn(-c2ccccc2)c(-n2cccc2)c1C(=O)Nc1ccccc1Cl. The molecule has 4 rings (SSSR count). The van der Waals surface area contributed by atoms with Gasteiger partial charge >= 0.3 is 0 Å². The molecule has 0 atom stereocenters. The van der Waals surface area contributed by atoms with E-state index in [2.05, 4.69) is 10.4 Å². The molecule has 134 valence electrons. The molecule has 1 amide bonds. The number of aromatic nitrogens is 3. The van der Waals surface area contributed by atoms with Gasteiger partial charge in [-0.2, -0.15) is 5.10 Å². The van der Waals surface area contributed by atoms with Crippen molar-refractivity contribution in [1.82, 2.24) is 14.3 Å². The molecule has 0 aliphatic carbocycles. The molecule has 0 radical (unpaired) electrons. The van der Waals surface area contributed by atoms with Gasteiger partial charge in [-0.15, -0.1) is 0 Å². The summed E-state index contributed by atoms with van der Waals surface area (Å²) in [5, 5.41) is 8.01.